The number of hydrogen-bond donors (Lipinski definition) is 1. The van der Waals surface area contributed by atoms with Crippen molar-refractivity contribution in [2.24, 2.45) is 0 Å². The van der Waals surface area contributed by atoms with Gasteiger partial charge >= 0.3 is 24.6 Å². The van der Waals surface area contributed by atoms with Crippen molar-refractivity contribution in [2.45, 2.75) is 87.8 Å². The Morgan fingerprint density at radius 1 is 0.927 bits per heavy atom. The summed E-state index contributed by atoms with van der Waals surface area (Å²) in [6, 6.07) is 3.51. The van der Waals surface area contributed by atoms with Crippen LogP contribution in [0.2, 0.25) is 0 Å². The largest absolute Gasteiger partial charge is 0.434 e. The van der Waals surface area contributed by atoms with E-state index in [1.165, 1.54) is 6.07 Å². The highest BCUT2D eigenvalue weighted by Crippen LogP contribution is 2.42. The zero-order valence-corrected chi connectivity index (χ0v) is 22.1. The molecular formula is C26H32F9N3O3. The minimum Gasteiger partial charge on any atom is -0.426 e. The standard InChI is InChI=1S/C26H32F9N3O3/c27-24(28,29)18-6-5-17(20(14-18)37-10-2-1-4-19(39)16-37)15-38-11-3-7-23(38)8-12-36(13-9-23)22(40)41-21(25(30,31)32)26(33,34)35/h5-6,14,19,21,39H,1-4,7-13,15-16H2/t19-/m0/s1. The molecule has 41 heavy (non-hydrogen) atoms. The van der Waals surface area contributed by atoms with Gasteiger partial charge in [0.1, 0.15) is 0 Å². The number of aliphatic hydroxyl groups excluding tert-OH is 1. The van der Waals surface area contributed by atoms with Crippen molar-refractivity contribution in [3.8, 4) is 0 Å². The van der Waals surface area contributed by atoms with E-state index in [2.05, 4.69) is 9.64 Å². The zero-order valence-electron chi connectivity index (χ0n) is 22.1. The van der Waals surface area contributed by atoms with Gasteiger partial charge in [-0.3, -0.25) is 4.90 Å². The fraction of sp³-hybridized carbons (Fsp3) is 0.731. The molecule has 3 aliphatic rings. The van der Waals surface area contributed by atoms with E-state index in [-0.39, 0.29) is 39.0 Å². The second-order valence-electron chi connectivity index (χ2n) is 11.0. The number of nitrogens with zero attached hydrogens (tertiary/aromatic N) is 3. The average molecular weight is 606 g/mol. The first-order valence-electron chi connectivity index (χ1n) is 13.5. The number of benzene rings is 1. The van der Waals surface area contributed by atoms with Crippen molar-refractivity contribution in [1.29, 1.82) is 0 Å². The lowest BCUT2D eigenvalue weighted by molar-refractivity contribution is -0.308. The Labute approximate surface area is 231 Å². The summed E-state index contributed by atoms with van der Waals surface area (Å²) in [5.74, 6) is 0. The van der Waals surface area contributed by atoms with Gasteiger partial charge in [-0.1, -0.05) is 6.07 Å². The number of β-amino-alcohol motifs (C(OH)–C–C–N with tert-alkyl or cyclic N) is 1. The first-order valence-corrected chi connectivity index (χ1v) is 13.5. The van der Waals surface area contributed by atoms with Crippen LogP contribution in [0.25, 0.3) is 0 Å². The number of hydrogen-bond acceptors (Lipinski definition) is 5. The number of piperidine rings is 1. The normalized spacial score (nSPS) is 22.9. The van der Waals surface area contributed by atoms with E-state index in [4.69, 9.17) is 0 Å². The molecule has 232 valence electrons. The van der Waals surface area contributed by atoms with E-state index < -0.39 is 47.9 Å². The Hall–Kier alpha value is -2.42. The predicted molar refractivity (Wildman–Crippen MR) is 129 cm³/mol. The van der Waals surface area contributed by atoms with Gasteiger partial charge in [-0.15, -0.1) is 0 Å². The van der Waals surface area contributed by atoms with Gasteiger partial charge in [0.2, 0.25) is 0 Å². The van der Waals surface area contributed by atoms with Crippen LogP contribution in [0.4, 0.5) is 50.0 Å². The number of rotatable bonds is 4. The van der Waals surface area contributed by atoms with Crippen molar-refractivity contribution < 1.29 is 54.2 Å². The lowest BCUT2D eigenvalue weighted by Crippen LogP contribution is -2.54. The summed E-state index contributed by atoms with van der Waals surface area (Å²) in [4.78, 5) is 16.9. The molecule has 15 heteroatoms. The van der Waals surface area contributed by atoms with Crippen LogP contribution in [0.1, 0.15) is 56.1 Å². The van der Waals surface area contributed by atoms with E-state index in [0.29, 0.717) is 43.6 Å². The summed E-state index contributed by atoms with van der Waals surface area (Å²) in [5.41, 5.74) is -0.348. The highest BCUT2D eigenvalue weighted by Gasteiger charge is 2.60. The number of carbonyl (C=O) groups is 1. The van der Waals surface area contributed by atoms with Crippen molar-refractivity contribution in [3.63, 3.8) is 0 Å². The van der Waals surface area contributed by atoms with Gasteiger partial charge in [-0.05, 0) is 69.2 Å². The van der Waals surface area contributed by atoms with Crippen LogP contribution in [0.5, 0.6) is 0 Å². The van der Waals surface area contributed by atoms with Crippen molar-refractivity contribution >= 4 is 11.8 Å². The molecule has 3 fully saturated rings. The molecular weight excluding hydrogens is 573 g/mol. The Kier molecular flexibility index (Phi) is 8.99. The van der Waals surface area contributed by atoms with Gasteiger partial charge in [0.05, 0.1) is 11.7 Å². The highest BCUT2D eigenvalue weighted by molar-refractivity contribution is 5.68. The summed E-state index contributed by atoms with van der Waals surface area (Å²) >= 11 is 0. The van der Waals surface area contributed by atoms with Gasteiger partial charge in [-0.25, -0.2) is 4.79 Å². The number of aliphatic hydroxyl groups is 1. The molecule has 1 spiro atoms. The molecule has 6 nitrogen and oxygen atoms in total. The quantitative estimate of drug-likeness (QED) is 0.420. The molecule has 1 N–H and O–H groups in total. The summed E-state index contributed by atoms with van der Waals surface area (Å²) in [5, 5.41) is 10.3. The molecule has 0 radical (unpaired) electrons. The maximum absolute atomic E-state index is 13.6. The molecule has 1 aromatic carbocycles. The van der Waals surface area contributed by atoms with Crippen LogP contribution in [-0.2, 0) is 17.5 Å². The Morgan fingerprint density at radius 2 is 1.59 bits per heavy atom. The minimum absolute atomic E-state index is 0.129. The predicted octanol–water partition coefficient (Wildman–Crippen LogP) is 6.12. The second kappa shape index (κ2) is 11.7. The van der Waals surface area contributed by atoms with Crippen LogP contribution < -0.4 is 4.90 Å². The Balaban J connectivity index is 1.49. The van der Waals surface area contributed by atoms with Crippen molar-refractivity contribution in [2.75, 3.05) is 37.6 Å². The number of alkyl halides is 9. The zero-order chi connectivity index (χ0) is 30.2. The molecule has 0 bridgehead atoms. The molecule has 3 heterocycles. The van der Waals surface area contributed by atoms with Gasteiger partial charge in [0.25, 0.3) is 6.10 Å². The molecule has 1 aromatic rings. The number of likely N-dealkylation sites (tertiary alicyclic amines) is 2. The van der Waals surface area contributed by atoms with Crippen LogP contribution in [-0.4, -0.2) is 83.8 Å². The SMILES string of the molecule is O=C(OC(C(F)(F)F)C(F)(F)F)N1CCC2(CCCN2Cc2ccc(C(F)(F)F)cc2N2CCCC[C@H](O)C2)CC1. The number of halogens is 9. The third-order valence-electron chi connectivity index (χ3n) is 8.27. The van der Waals surface area contributed by atoms with E-state index in [0.717, 1.165) is 29.9 Å². The van der Waals surface area contributed by atoms with Gasteiger partial charge in [0, 0.05) is 44.0 Å². The molecule has 3 aliphatic heterocycles. The van der Waals surface area contributed by atoms with Crippen LogP contribution in [0.15, 0.2) is 18.2 Å². The maximum atomic E-state index is 13.6. The first kappa shape index (κ1) is 31.5. The molecule has 0 unspecified atom stereocenters. The molecule has 3 saturated heterocycles. The van der Waals surface area contributed by atoms with E-state index in [9.17, 15) is 49.4 Å². The van der Waals surface area contributed by atoms with Crippen LogP contribution in [0, 0.1) is 0 Å². The average Bonchev–Trinajstić information content (AvgIpc) is 3.09. The van der Waals surface area contributed by atoms with Crippen LogP contribution in [0.3, 0.4) is 0 Å². The van der Waals surface area contributed by atoms with Gasteiger partial charge < -0.3 is 19.6 Å². The molecule has 0 aromatic heterocycles. The fourth-order valence-corrected chi connectivity index (χ4v) is 6.12. The summed E-state index contributed by atoms with van der Waals surface area (Å²) in [6.45, 7) is 1.25. The van der Waals surface area contributed by atoms with E-state index in [1.54, 1.807) is 4.90 Å². The molecule has 4 rings (SSSR count). The molecule has 1 amide bonds. The Bertz CT molecular complexity index is 1050. The summed E-state index contributed by atoms with van der Waals surface area (Å²) in [7, 11) is 0. The molecule has 1 atom stereocenters. The second-order valence-corrected chi connectivity index (χ2v) is 11.0. The lowest BCUT2D eigenvalue weighted by Gasteiger charge is -2.45. The third kappa shape index (κ3) is 7.33. The summed E-state index contributed by atoms with van der Waals surface area (Å²) < 4.78 is 122. The fourth-order valence-electron chi connectivity index (χ4n) is 6.12. The third-order valence-corrected chi connectivity index (χ3v) is 8.27. The minimum atomic E-state index is -5.81. The Morgan fingerprint density at radius 3 is 2.20 bits per heavy atom. The topological polar surface area (TPSA) is 56.2 Å². The van der Waals surface area contributed by atoms with E-state index in [1.807, 2.05) is 0 Å². The number of anilines is 1. The first-order chi connectivity index (χ1) is 19.0. The van der Waals surface area contributed by atoms with Crippen molar-refractivity contribution in [1.82, 2.24) is 9.80 Å². The van der Waals surface area contributed by atoms with Crippen LogP contribution >= 0.6 is 0 Å². The molecule has 0 saturated carbocycles. The maximum Gasteiger partial charge on any atom is 0.434 e. The van der Waals surface area contributed by atoms with Crippen molar-refractivity contribution in [3.05, 3.63) is 29.3 Å². The highest BCUT2D eigenvalue weighted by atomic mass is 19.4. The number of amides is 1. The van der Waals surface area contributed by atoms with E-state index >= 15 is 0 Å². The lowest BCUT2D eigenvalue weighted by atomic mass is 9.84. The summed E-state index contributed by atoms with van der Waals surface area (Å²) in [6.07, 6.45) is -18.9. The molecule has 0 aliphatic carbocycles. The number of carbonyl (C=O) groups excluding carboxylic acids is 1. The monoisotopic (exact) mass is 605 g/mol. The smallest absolute Gasteiger partial charge is 0.426 e. The van der Waals surface area contributed by atoms with Gasteiger partial charge in [-0.2, -0.15) is 39.5 Å². The van der Waals surface area contributed by atoms with Gasteiger partial charge in [0.15, 0.2) is 0 Å². The number of ether oxygens (including phenoxy) is 1.